The van der Waals surface area contributed by atoms with Crippen LogP contribution in [0.25, 0.3) is 11.3 Å². The summed E-state index contributed by atoms with van der Waals surface area (Å²) in [4.78, 5) is 23.8. The number of hydrogen-bond donors (Lipinski definition) is 1. The average Bonchev–Trinajstić information content (AvgIpc) is 2.87. The van der Waals surface area contributed by atoms with Crippen LogP contribution in [-0.4, -0.2) is 33.4 Å². The fourth-order valence-corrected chi connectivity index (χ4v) is 3.07. The van der Waals surface area contributed by atoms with Crippen LogP contribution in [0.5, 0.6) is 0 Å². The highest BCUT2D eigenvalue weighted by atomic mass is 16.2. The first-order valence-corrected chi connectivity index (χ1v) is 8.46. The van der Waals surface area contributed by atoms with Crippen LogP contribution in [0.3, 0.4) is 0 Å². The first-order valence-electron chi connectivity index (χ1n) is 8.46. The summed E-state index contributed by atoms with van der Waals surface area (Å²) in [6.07, 6.45) is 0. The van der Waals surface area contributed by atoms with Gasteiger partial charge in [0, 0.05) is 23.7 Å². The third-order valence-corrected chi connectivity index (χ3v) is 4.62. The quantitative estimate of drug-likeness (QED) is 0.934. The molecule has 0 spiro atoms. The Bertz CT molecular complexity index is 798. The first kappa shape index (κ1) is 16.4. The van der Waals surface area contributed by atoms with Crippen molar-refractivity contribution in [3.8, 4) is 11.3 Å². The predicted octanol–water partition coefficient (Wildman–Crippen LogP) is 3.56. The fraction of sp³-hybridized carbons (Fsp3) is 0.421. The van der Waals surface area contributed by atoms with E-state index >= 15 is 0 Å². The Morgan fingerprint density at radius 1 is 1.21 bits per heavy atom. The van der Waals surface area contributed by atoms with Crippen LogP contribution in [0.4, 0.5) is 5.95 Å². The van der Waals surface area contributed by atoms with Gasteiger partial charge in [0.25, 0.3) is 5.91 Å². The van der Waals surface area contributed by atoms with Gasteiger partial charge in [-0.3, -0.25) is 4.79 Å². The maximum absolute atomic E-state index is 12.7. The minimum absolute atomic E-state index is 0.00638. The molecule has 1 aliphatic rings. The van der Waals surface area contributed by atoms with E-state index in [0.717, 1.165) is 16.8 Å². The van der Waals surface area contributed by atoms with E-state index in [0.29, 0.717) is 24.7 Å². The zero-order valence-corrected chi connectivity index (χ0v) is 15.0. The number of aryl methyl sites for hydroxylation is 1. The molecule has 0 fully saturated rings. The largest absolute Gasteiger partial charge is 0.354 e. The Kier molecular flexibility index (Phi) is 4.26. The third-order valence-electron chi connectivity index (χ3n) is 4.62. The monoisotopic (exact) mass is 324 g/mol. The molecule has 126 valence electrons. The van der Waals surface area contributed by atoms with E-state index < -0.39 is 0 Å². The molecule has 0 unspecified atom stereocenters. The third kappa shape index (κ3) is 2.64. The molecular formula is C19H24N4O. The molecular weight excluding hydrogens is 300 g/mol. The number of nitrogens with one attached hydrogen (secondary N) is 1. The number of amides is 1. The van der Waals surface area contributed by atoms with Crippen LogP contribution in [0.2, 0.25) is 0 Å². The van der Waals surface area contributed by atoms with Crippen molar-refractivity contribution in [1.29, 1.82) is 0 Å². The predicted molar refractivity (Wildman–Crippen MR) is 96.1 cm³/mol. The molecule has 0 saturated carbocycles. The molecule has 1 aromatic heterocycles. The van der Waals surface area contributed by atoms with E-state index in [-0.39, 0.29) is 11.9 Å². The van der Waals surface area contributed by atoms with E-state index in [1.807, 2.05) is 31.7 Å². The molecule has 2 heterocycles. The van der Waals surface area contributed by atoms with Gasteiger partial charge < -0.3 is 10.2 Å². The van der Waals surface area contributed by atoms with Crippen molar-refractivity contribution in [2.75, 3.05) is 11.9 Å². The molecule has 0 bridgehead atoms. The van der Waals surface area contributed by atoms with Crippen LogP contribution >= 0.6 is 0 Å². The highest BCUT2D eigenvalue weighted by Crippen LogP contribution is 2.34. The lowest BCUT2D eigenvalue weighted by molar-refractivity contribution is 0.0726. The van der Waals surface area contributed by atoms with Gasteiger partial charge in [-0.05, 0) is 45.7 Å². The highest BCUT2D eigenvalue weighted by molar-refractivity contribution is 5.99. The van der Waals surface area contributed by atoms with Gasteiger partial charge in [-0.1, -0.05) is 18.2 Å². The lowest BCUT2D eigenvalue weighted by atomic mass is 9.97. The summed E-state index contributed by atoms with van der Waals surface area (Å²) >= 11 is 0. The Labute approximate surface area is 143 Å². The highest BCUT2D eigenvalue weighted by Gasteiger charge is 2.34. The van der Waals surface area contributed by atoms with Crippen molar-refractivity contribution >= 4 is 11.9 Å². The molecule has 5 nitrogen and oxygen atoms in total. The smallest absolute Gasteiger partial charge is 0.273 e. The van der Waals surface area contributed by atoms with Crippen molar-refractivity contribution in [3.63, 3.8) is 0 Å². The number of benzene rings is 1. The van der Waals surface area contributed by atoms with Gasteiger partial charge >= 0.3 is 0 Å². The van der Waals surface area contributed by atoms with E-state index in [1.165, 1.54) is 11.1 Å². The number of aromatic nitrogens is 2. The van der Waals surface area contributed by atoms with Crippen LogP contribution in [0.1, 0.15) is 48.0 Å². The minimum atomic E-state index is -0.00638. The molecule has 0 aliphatic carbocycles. The molecule has 2 aromatic rings. The van der Waals surface area contributed by atoms with Crippen LogP contribution in [-0.2, 0) is 6.54 Å². The van der Waals surface area contributed by atoms with Crippen molar-refractivity contribution in [2.24, 2.45) is 0 Å². The summed E-state index contributed by atoms with van der Waals surface area (Å²) < 4.78 is 0. The van der Waals surface area contributed by atoms with Gasteiger partial charge in [0.2, 0.25) is 5.95 Å². The second-order valence-corrected chi connectivity index (χ2v) is 6.53. The number of carbonyl (C=O) groups excluding carboxylic acids is 1. The Balaban J connectivity index is 2.22. The zero-order chi connectivity index (χ0) is 17.4. The second-order valence-electron chi connectivity index (χ2n) is 6.53. The Hall–Kier alpha value is -2.43. The SMILES string of the molecule is CCNc1nc2c(c(-c3cccc(C)c3C)n1)CN(C(C)C)C2=O. The topological polar surface area (TPSA) is 58.1 Å². The van der Waals surface area contributed by atoms with Crippen molar-refractivity contribution < 1.29 is 4.79 Å². The lowest BCUT2D eigenvalue weighted by Gasteiger charge is -2.19. The molecule has 0 radical (unpaired) electrons. The van der Waals surface area contributed by atoms with Crippen LogP contribution < -0.4 is 5.32 Å². The Morgan fingerprint density at radius 3 is 2.58 bits per heavy atom. The first-order chi connectivity index (χ1) is 11.4. The van der Waals surface area contributed by atoms with E-state index in [4.69, 9.17) is 4.98 Å². The molecule has 24 heavy (non-hydrogen) atoms. The van der Waals surface area contributed by atoms with Gasteiger partial charge in [0.05, 0.1) is 12.2 Å². The number of hydrogen-bond acceptors (Lipinski definition) is 4. The molecule has 1 N–H and O–H groups in total. The minimum Gasteiger partial charge on any atom is -0.354 e. The summed E-state index contributed by atoms with van der Waals surface area (Å²) in [5.41, 5.74) is 5.82. The maximum Gasteiger partial charge on any atom is 0.273 e. The number of rotatable bonds is 4. The average molecular weight is 324 g/mol. The van der Waals surface area contributed by atoms with E-state index in [2.05, 4.69) is 36.3 Å². The summed E-state index contributed by atoms with van der Waals surface area (Å²) in [5.74, 6) is 0.513. The van der Waals surface area contributed by atoms with Gasteiger partial charge in [0.1, 0.15) is 5.69 Å². The summed E-state index contributed by atoms with van der Waals surface area (Å²) in [6, 6.07) is 6.34. The van der Waals surface area contributed by atoms with Crippen LogP contribution in [0, 0.1) is 13.8 Å². The summed E-state index contributed by atoms with van der Waals surface area (Å²) in [5, 5.41) is 3.15. The van der Waals surface area contributed by atoms with Gasteiger partial charge in [-0.15, -0.1) is 0 Å². The standard InChI is InChI=1S/C19H24N4O/c1-6-20-19-21-16(14-9-7-8-12(4)13(14)5)15-10-23(11(2)3)18(24)17(15)22-19/h7-9,11H,6,10H2,1-5H3,(H,20,21,22). The molecule has 3 rings (SSSR count). The normalized spacial score (nSPS) is 13.6. The number of anilines is 1. The molecule has 1 aromatic carbocycles. The summed E-state index contributed by atoms with van der Waals surface area (Å²) in [6.45, 7) is 11.5. The lowest BCUT2D eigenvalue weighted by Crippen LogP contribution is -2.31. The van der Waals surface area contributed by atoms with Crippen molar-refractivity contribution in [3.05, 3.63) is 40.6 Å². The van der Waals surface area contributed by atoms with E-state index in [1.54, 1.807) is 0 Å². The maximum atomic E-state index is 12.7. The number of carbonyl (C=O) groups is 1. The molecule has 1 amide bonds. The van der Waals surface area contributed by atoms with Gasteiger partial charge in [-0.2, -0.15) is 0 Å². The van der Waals surface area contributed by atoms with E-state index in [9.17, 15) is 4.79 Å². The number of nitrogens with zero attached hydrogens (tertiary/aromatic N) is 3. The summed E-state index contributed by atoms with van der Waals surface area (Å²) in [7, 11) is 0. The number of fused-ring (bicyclic) bond motifs is 1. The Morgan fingerprint density at radius 2 is 1.92 bits per heavy atom. The molecule has 0 atom stereocenters. The molecule has 0 saturated heterocycles. The molecule has 1 aliphatic heterocycles. The fourth-order valence-electron chi connectivity index (χ4n) is 3.07. The van der Waals surface area contributed by atoms with Gasteiger partial charge in [0.15, 0.2) is 0 Å². The van der Waals surface area contributed by atoms with Gasteiger partial charge in [-0.25, -0.2) is 9.97 Å². The molecule has 5 heteroatoms. The second kappa shape index (κ2) is 6.23. The van der Waals surface area contributed by atoms with Crippen molar-refractivity contribution in [2.45, 2.75) is 47.2 Å². The van der Waals surface area contributed by atoms with Crippen LogP contribution in [0.15, 0.2) is 18.2 Å². The zero-order valence-electron chi connectivity index (χ0n) is 15.0. The van der Waals surface area contributed by atoms with Crippen molar-refractivity contribution in [1.82, 2.24) is 14.9 Å².